The highest BCUT2D eigenvalue weighted by Gasteiger charge is 2.33. The maximum Gasteiger partial charge on any atom is 0.418 e. The summed E-state index contributed by atoms with van der Waals surface area (Å²) in [7, 11) is 0. The summed E-state index contributed by atoms with van der Waals surface area (Å²) < 4.78 is 54.7. The number of alkyl halides is 3. The molecule has 3 aromatic rings. The average molecular weight is 492 g/mol. The van der Waals surface area contributed by atoms with Crippen molar-refractivity contribution >= 4 is 45.1 Å². The van der Waals surface area contributed by atoms with E-state index in [4.69, 9.17) is 11.6 Å². The van der Waals surface area contributed by atoms with E-state index in [9.17, 15) is 22.4 Å². The summed E-state index contributed by atoms with van der Waals surface area (Å²) in [5, 5.41) is 8.80. The van der Waals surface area contributed by atoms with Crippen molar-refractivity contribution in [3.63, 3.8) is 0 Å². The van der Waals surface area contributed by atoms with Crippen molar-refractivity contribution in [1.82, 2.24) is 9.78 Å². The number of carbonyl (C=O) groups excluding carboxylic acids is 1. The summed E-state index contributed by atoms with van der Waals surface area (Å²) in [5.41, 5.74) is -1.17. The number of amides is 2. The largest absolute Gasteiger partial charge is 0.418 e. The molecular weight excluding hydrogens is 480 g/mol. The Morgan fingerprint density at radius 2 is 1.86 bits per heavy atom. The maximum absolute atomic E-state index is 13.9. The Morgan fingerprint density at radius 3 is 2.55 bits per heavy atom. The lowest BCUT2D eigenvalue weighted by molar-refractivity contribution is -0.136. The van der Waals surface area contributed by atoms with Crippen molar-refractivity contribution in [2.45, 2.75) is 12.7 Å². The Hall–Kier alpha value is -2.59. The number of nitrogens with one attached hydrogen (secondary N) is 2. The molecule has 0 fully saturated rings. The second kappa shape index (κ2) is 8.42. The third-order valence-electron chi connectivity index (χ3n) is 3.81. The van der Waals surface area contributed by atoms with Crippen molar-refractivity contribution in [2.24, 2.45) is 0 Å². The van der Waals surface area contributed by atoms with Gasteiger partial charge in [0.2, 0.25) is 0 Å². The van der Waals surface area contributed by atoms with Gasteiger partial charge in [-0.05, 0) is 40.2 Å². The van der Waals surface area contributed by atoms with Crippen LogP contribution in [0.4, 0.5) is 33.9 Å². The first kappa shape index (κ1) is 21.1. The Labute approximate surface area is 175 Å². The molecule has 2 N–H and O–H groups in total. The van der Waals surface area contributed by atoms with E-state index in [0.29, 0.717) is 4.47 Å². The van der Waals surface area contributed by atoms with Gasteiger partial charge in [0.1, 0.15) is 5.82 Å². The highest BCUT2D eigenvalue weighted by molar-refractivity contribution is 9.10. The molecule has 0 unspecified atom stereocenters. The fourth-order valence-corrected chi connectivity index (χ4v) is 3.15. The van der Waals surface area contributed by atoms with Crippen molar-refractivity contribution in [3.05, 3.63) is 75.1 Å². The van der Waals surface area contributed by atoms with Crippen LogP contribution in [0.5, 0.6) is 0 Å². The third-order valence-corrected chi connectivity index (χ3v) is 4.75. The summed E-state index contributed by atoms with van der Waals surface area (Å²) >= 11 is 9.18. The van der Waals surface area contributed by atoms with Crippen LogP contribution in [-0.2, 0) is 12.7 Å². The normalized spacial score (nSPS) is 11.4. The summed E-state index contributed by atoms with van der Waals surface area (Å²) in [4.78, 5) is 12.1. The van der Waals surface area contributed by atoms with Gasteiger partial charge in [-0.3, -0.25) is 10.00 Å². The summed E-state index contributed by atoms with van der Waals surface area (Å²) in [6.45, 7) is -0.00961. The number of anilines is 2. The molecule has 152 valence electrons. The monoisotopic (exact) mass is 490 g/mol. The van der Waals surface area contributed by atoms with Gasteiger partial charge < -0.3 is 5.32 Å². The number of aromatic nitrogens is 2. The highest BCUT2D eigenvalue weighted by atomic mass is 79.9. The van der Waals surface area contributed by atoms with E-state index >= 15 is 0 Å². The zero-order valence-corrected chi connectivity index (χ0v) is 16.7. The number of carbonyl (C=O) groups is 1. The number of benzene rings is 2. The first-order chi connectivity index (χ1) is 13.6. The molecular formula is C18H12BrClF4N4O. The second-order valence-electron chi connectivity index (χ2n) is 5.85. The van der Waals surface area contributed by atoms with Gasteiger partial charge in [-0.15, -0.1) is 0 Å². The van der Waals surface area contributed by atoms with E-state index in [-0.39, 0.29) is 22.9 Å². The number of nitrogens with zero attached hydrogens (tertiary/aromatic N) is 2. The maximum atomic E-state index is 13.9. The molecule has 0 saturated carbocycles. The molecule has 2 amide bonds. The van der Waals surface area contributed by atoms with Gasteiger partial charge in [-0.25, -0.2) is 9.18 Å². The lowest BCUT2D eigenvalue weighted by Gasteiger charge is -2.13. The lowest BCUT2D eigenvalue weighted by atomic mass is 10.1. The molecule has 0 atom stereocenters. The minimum Gasteiger partial charge on any atom is -0.307 e. The van der Waals surface area contributed by atoms with Crippen LogP contribution < -0.4 is 10.6 Å². The van der Waals surface area contributed by atoms with Crippen LogP contribution in [0.15, 0.2) is 53.1 Å². The predicted molar refractivity (Wildman–Crippen MR) is 105 cm³/mol. The van der Waals surface area contributed by atoms with Crippen LogP contribution in [0.3, 0.4) is 0 Å². The number of para-hydroxylation sites is 1. The van der Waals surface area contributed by atoms with Crippen molar-refractivity contribution in [2.75, 3.05) is 10.6 Å². The van der Waals surface area contributed by atoms with Crippen LogP contribution in [0.1, 0.15) is 11.1 Å². The molecule has 1 aromatic heterocycles. The molecule has 0 bridgehead atoms. The predicted octanol–water partition coefficient (Wildman–Crippen LogP) is 6.15. The molecule has 0 aliphatic rings. The second-order valence-corrected chi connectivity index (χ2v) is 7.11. The Balaban J connectivity index is 1.74. The number of hydrogen-bond acceptors (Lipinski definition) is 2. The van der Waals surface area contributed by atoms with Gasteiger partial charge in [0.05, 0.1) is 22.3 Å². The summed E-state index contributed by atoms with van der Waals surface area (Å²) in [5.74, 6) is -0.473. The first-order valence-corrected chi connectivity index (χ1v) is 9.22. The Bertz CT molecular complexity index is 1030. The zero-order chi connectivity index (χ0) is 21.2. The smallest absolute Gasteiger partial charge is 0.307 e. The van der Waals surface area contributed by atoms with E-state index in [1.54, 1.807) is 0 Å². The molecule has 3 rings (SSSR count). The molecule has 2 aromatic carbocycles. The van der Waals surface area contributed by atoms with Crippen LogP contribution in [-0.4, -0.2) is 15.8 Å². The molecule has 1 heterocycles. The van der Waals surface area contributed by atoms with E-state index in [2.05, 4.69) is 31.7 Å². The van der Waals surface area contributed by atoms with Gasteiger partial charge in [0, 0.05) is 16.8 Å². The quantitative estimate of drug-likeness (QED) is 0.430. The van der Waals surface area contributed by atoms with E-state index in [1.807, 2.05) is 0 Å². The van der Waals surface area contributed by atoms with E-state index in [0.717, 1.165) is 12.1 Å². The van der Waals surface area contributed by atoms with Crippen LogP contribution in [0.25, 0.3) is 0 Å². The molecule has 29 heavy (non-hydrogen) atoms. The number of urea groups is 1. The number of rotatable bonds is 4. The van der Waals surface area contributed by atoms with Gasteiger partial charge in [0.15, 0.2) is 5.82 Å². The van der Waals surface area contributed by atoms with Crippen LogP contribution >= 0.6 is 27.5 Å². The van der Waals surface area contributed by atoms with Crippen molar-refractivity contribution in [3.8, 4) is 0 Å². The average Bonchev–Trinajstić information content (AvgIpc) is 2.97. The fourth-order valence-electron chi connectivity index (χ4n) is 2.51. The van der Waals surface area contributed by atoms with Gasteiger partial charge >= 0.3 is 12.2 Å². The SMILES string of the molecule is O=C(Nc1ccccc1C(F)(F)F)Nc1nn(Cc2c(F)cccc2Cl)cc1Br. The summed E-state index contributed by atoms with van der Waals surface area (Å²) in [6.07, 6.45) is -3.15. The van der Waals surface area contributed by atoms with Crippen LogP contribution in [0, 0.1) is 5.82 Å². The van der Waals surface area contributed by atoms with Gasteiger partial charge in [0.25, 0.3) is 0 Å². The van der Waals surface area contributed by atoms with Gasteiger partial charge in [-0.1, -0.05) is 29.8 Å². The lowest BCUT2D eigenvalue weighted by Crippen LogP contribution is -2.22. The fraction of sp³-hybridized carbons (Fsp3) is 0.111. The van der Waals surface area contributed by atoms with Crippen molar-refractivity contribution in [1.29, 1.82) is 0 Å². The Morgan fingerprint density at radius 1 is 1.14 bits per heavy atom. The van der Waals surface area contributed by atoms with Crippen LogP contribution in [0.2, 0.25) is 5.02 Å². The zero-order valence-electron chi connectivity index (χ0n) is 14.4. The molecule has 11 heteroatoms. The number of halogens is 6. The highest BCUT2D eigenvalue weighted by Crippen LogP contribution is 2.34. The molecule has 0 radical (unpaired) electrons. The van der Waals surface area contributed by atoms with Gasteiger partial charge in [-0.2, -0.15) is 18.3 Å². The first-order valence-electron chi connectivity index (χ1n) is 8.05. The topological polar surface area (TPSA) is 59.0 Å². The Kier molecular flexibility index (Phi) is 6.13. The third kappa shape index (κ3) is 5.07. The molecule has 0 aliphatic heterocycles. The molecule has 5 nitrogen and oxygen atoms in total. The minimum absolute atomic E-state index is 0.00961. The molecule has 0 aliphatic carbocycles. The minimum atomic E-state index is -4.62. The van der Waals surface area contributed by atoms with Crippen molar-refractivity contribution < 1.29 is 22.4 Å². The van der Waals surface area contributed by atoms with E-state index < -0.39 is 29.3 Å². The molecule has 0 spiro atoms. The number of hydrogen-bond donors (Lipinski definition) is 2. The summed E-state index contributed by atoms with van der Waals surface area (Å²) in [6, 6.07) is 7.92. The standard InChI is InChI=1S/C18H12BrClF4N4O/c19-12-9-28(8-10-13(20)5-3-6-14(10)21)27-16(12)26-17(29)25-15-7-2-1-4-11(15)18(22,23)24/h1-7,9H,8H2,(H2,25,26,27,29). The molecule has 0 saturated heterocycles. The van der Waals surface area contributed by atoms with E-state index in [1.165, 1.54) is 41.2 Å².